The normalized spacial score (nSPS) is 18.8. The highest BCUT2D eigenvalue weighted by atomic mass is 35.5. The zero-order chi connectivity index (χ0) is 13.8. The summed E-state index contributed by atoms with van der Waals surface area (Å²) in [6.07, 6.45) is 2.22. The summed E-state index contributed by atoms with van der Waals surface area (Å²) in [7, 11) is 0. The second-order valence-corrected chi connectivity index (χ2v) is 7.18. The predicted octanol–water partition coefficient (Wildman–Crippen LogP) is 3.62. The molecule has 0 radical (unpaired) electrons. The van der Waals surface area contributed by atoms with Crippen LogP contribution in [-0.2, 0) is 11.2 Å². The number of nitrogens with zero attached hydrogens (tertiary/aromatic N) is 1. The number of rotatable bonds is 4. The molecule has 0 spiro atoms. The van der Waals surface area contributed by atoms with E-state index in [0.717, 1.165) is 42.4 Å². The number of hydrogen-bond donors (Lipinski definition) is 1. The van der Waals surface area contributed by atoms with Crippen molar-refractivity contribution in [2.45, 2.75) is 32.2 Å². The van der Waals surface area contributed by atoms with Gasteiger partial charge in [-0.15, -0.1) is 23.7 Å². The Balaban J connectivity index is 0.00000200. The summed E-state index contributed by atoms with van der Waals surface area (Å²) < 4.78 is 1.45. The molecule has 1 atom stereocenters. The maximum Gasteiger partial charge on any atom is 0.222 e. The van der Waals surface area contributed by atoms with Gasteiger partial charge in [0.2, 0.25) is 5.91 Å². The van der Waals surface area contributed by atoms with Gasteiger partial charge in [0.05, 0.1) is 8.67 Å². The van der Waals surface area contributed by atoms with Crippen LogP contribution in [-0.4, -0.2) is 36.5 Å². The van der Waals surface area contributed by atoms with Gasteiger partial charge in [0.15, 0.2) is 0 Å². The van der Waals surface area contributed by atoms with E-state index in [1.165, 1.54) is 11.3 Å². The Morgan fingerprint density at radius 3 is 2.90 bits per heavy atom. The highest BCUT2D eigenvalue weighted by Gasteiger charge is 2.19. The Bertz CT molecular complexity index is 453. The van der Waals surface area contributed by atoms with Gasteiger partial charge < -0.3 is 10.2 Å². The summed E-state index contributed by atoms with van der Waals surface area (Å²) in [6, 6.07) is 2.29. The van der Waals surface area contributed by atoms with Crippen LogP contribution in [0, 0.1) is 0 Å². The van der Waals surface area contributed by atoms with Crippen LogP contribution in [0.1, 0.15) is 25.3 Å². The Hall–Kier alpha value is -0.000000000000000167. The van der Waals surface area contributed by atoms with Crippen molar-refractivity contribution in [3.05, 3.63) is 20.3 Å². The maximum absolute atomic E-state index is 12.1. The van der Waals surface area contributed by atoms with Gasteiger partial charge >= 0.3 is 0 Å². The van der Waals surface area contributed by atoms with E-state index in [2.05, 4.69) is 12.2 Å². The van der Waals surface area contributed by atoms with Gasteiger partial charge in [-0.2, -0.15) is 0 Å². The van der Waals surface area contributed by atoms with E-state index in [1.54, 1.807) is 0 Å². The summed E-state index contributed by atoms with van der Waals surface area (Å²) in [5.74, 6) is 0.241. The molecule has 1 aromatic heterocycles. The number of amides is 1. The molecular weight excluding hydrogens is 339 g/mol. The lowest BCUT2D eigenvalue weighted by Crippen LogP contribution is -2.51. The van der Waals surface area contributed by atoms with Crippen LogP contribution in [0.2, 0.25) is 8.67 Å². The molecule has 1 aliphatic heterocycles. The van der Waals surface area contributed by atoms with Crippen LogP contribution >= 0.6 is 46.9 Å². The number of nitrogens with one attached hydrogen (secondary N) is 1. The zero-order valence-electron chi connectivity index (χ0n) is 11.3. The molecule has 114 valence electrons. The minimum absolute atomic E-state index is 0. The third-order valence-corrected chi connectivity index (χ3v) is 4.85. The molecule has 0 saturated carbocycles. The molecule has 20 heavy (non-hydrogen) atoms. The Morgan fingerprint density at radius 1 is 1.55 bits per heavy atom. The minimum Gasteiger partial charge on any atom is -0.340 e. The summed E-state index contributed by atoms with van der Waals surface area (Å²) in [5, 5.41) is 3.33. The molecule has 1 amide bonds. The fourth-order valence-electron chi connectivity index (χ4n) is 2.29. The summed E-state index contributed by atoms with van der Waals surface area (Å²) >= 11 is 13.3. The Kier molecular flexibility index (Phi) is 7.62. The van der Waals surface area contributed by atoms with Crippen LogP contribution in [0.25, 0.3) is 0 Å². The zero-order valence-corrected chi connectivity index (χ0v) is 14.5. The third-order valence-electron chi connectivity index (χ3n) is 3.29. The summed E-state index contributed by atoms with van der Waals surface area (Å²) in [4.78, 5) is 14.0. The lowest BCUT2D eigenvalue weighted by molar-refractivity contribution is -0.132. The molecule has 1 unspecified atom stereocenters. The molecule has 3 nitrogen and oxygen atoms in total. The quantitative estimate of drug-likeness (QED) is 0.892. The monoisotopic (exact) mass is 356 g/mol. The number of carbonyl (C=O) groups excluding carboxylic acids is 1. The number of thiophene rings is 1. The second kappa shape index (κ2) is 8.44. The average Bonchev–Trinajstić information content (AvgIpc) is 2.68. The van der Waals surface area contributed by atoms with E-state index in [0.29, 0.717) is 16.8 Å². The van der Waals surface area contributed by atoms with Gasteiger partial charge in [-0.25, -0.2) is 0 Å². The fourth-order valence-corrected chi connectivity index (χ4v) is 3.84. The third kappa shape index (κ3) is 5.08. The van der Waals surface area contributed by atoms with E-state index in [9.17, 15) is 4.79 Å². The number of aryl methyl sites for hydroxylation is 1. The molecule has 2 heterocycles. The van der Waals surface area contributed by atoms with Crippen LogP contribution in [0.5, 0.6) is 0 Å². The second-order valence-electron chi connectivity index (χ2n) is 4.90. The maximum atomic E-state index is 12.1. The summed E-state index contributed by atoms with van der Waals surface area (Å²) in [5.41, 5.74) is 1.05. The highest BCUT2D eigenvalue weighted by molar-refractivity contribution is 7.20. The first-order chi connectivity index (χ1) is 9.06. The molecule has 0 aromatic carbocycles. The largest absolute Gasteiger partial charge is 0.340 e. The predicted molar refractivity (Wildman–Crippen MR) is 88.6 cm³/mol. The van der Waals surface area contributed by atoms with Crippen LogP contribution < -0.4 is 5.32 Å². The van der Waals surface area contributed by atoms with Gasteiger partial charge in [-0.3, -0.25) is 4.79 Å². The van der Waals surface area contributed by atoms with Crippen LogP contribution in [0.15, 0.2) is 6.07 Å². The van der Waals surface area contributed by atoms with Gasteiger partial charge in [-0.1, -0.05) is 23.2 Å². The molecule has 1 saturated heterocycles. The standard InChI is InChI=1S/C13H18Cl2N2OS.ClH/c1-9-8-17(6-5-16-9)12(18)4-2-3-10-7-11(14)19-13(10)15;/h7,9,16H,2-6,8H2,1H3;1H. The van der Waals surface area contributed by atoms with E-state index in [1.807, 2.05) is 11.0 Å². The van der Waals surface area contributed by atoms with E-state index < -0.39 is 0 Å². The van der Waals surface area contributed by atoms with Crippen molar-refractivity contribution in [2.24, 2.45) is 0 Å². The first-order valence-electron chi connectivity index (χ1n) is 6.51. The molecule has 1 aromatic rings. The first kappa shape index (κ1) is 18.1. The minimum atomic E-state index is 0. The SMILES string of the molecule is CC1CN(C(=O)CCCc2cc(Cl)sc2Cl)CCN1.Cl. The van der Waals surface area contributed by atoms with Crippen LogP contribution in [0.3, 0.4) is 0 Å². The molecule has 1 fully saturated rings. The first-order valence-corrected chi connectivity index (χ1v) is 8.08. The molecule has 1 aliphatic rings. The van der Waals surface area contributed by atoms with Gasteiger partial charge in [-0.05, 0) is 31.4 Å². The molecule has 7 heteroatoms. The van der Waals surface area contributed by atoms with Crippen molar-refractivity contribution in [3.63, 3.8) is 0 Å². The highest BCUT2D eigenvalue weighted by Crippen LogP contribution is 2.32. The van der Waals surface area contributed by atoms with Crippen molar-refractivity contribution in [1.82, 2.24) is 10.2 Å². The van der Waals surface area contributed by atoms with Crippen LogP contribution in [0.4, 0.5) is 0 Å². The van der Waals surface area contributed by atoms with Crippen molar-refractivity contribution >= 4 is 52.9 Å². The number of hydrogen-bond acceptors (Lipinski definition) is 3. The lowest BCUT2D eigenvalue weighted by Gasteiger charge is -2.32. The molecule has 1 N–H and O–H groups in total. The fraction of sp³-hybridized carbons (Fsp3) is 0.615. The van der Waals surface area contributed by atoms with E-state index >= 15 is 0 Å². The molecule has 2 rings (SSSR count). The smallest absolute Gasteiger partial charge is 0.222 e. The Morgan fingerprint density at radius 2 is 2.30 bits per heavy atom. The van der Waals surface area contributed by atoms with E-state index in [4.69, 9.17) is 23.2 Å². The topological polar surface area (TPSA) is 32.3 Å². The molecule has 0 bridgehead atoms. The van der Waals surface area contributed by atoms with Crippen molar-refractivity contribution in [2.75, 3.05) is 19.6 Å². The van der Waals surface area contributed by atoms with E-state index in [-0.39, 0.29) is 18.3 Å². The average molecular weight is 358 g/mol. The van der Waals surface area contributed by atoms with Gasteiger partial charge in [0, 0.05) is 32.1 Å². The van der Waals surface area contributed by atoms with Crippen molar-refractivity contribution in [1.29, 1.82) is 0 Å². The summed E-state index contributed by atoms with van der Waals surface area (Å²) in [6.45, 7) is 4.61. The molecule has 0 aliphatic carbocycles. The lowest BCUT2D eigenvalue weighted by atomic mass is 10.1. The molecular formula is C13H19Cl3N2OS. The van der Waals surface area contributed by atoms with Gasteiger partial charge in [0.25, 0.3) is 0 Å². The van der Waals surface area contributed by atoms with Gasteiger partial charge in [0.1, 0.15) is 0 Å². The number of piperazine rings is 1. The number of carbonyl (C=O) groups is 1. The van der Waals surface area contributed by atoms with Crippen molar-refractivity contribution < 1.29 is 4.79 Å². The Labute approximate surface area is 140 Å². The van der Waals surface area contributed by atoms with Crippen molar-refractivity contribution in [3.8, 4) is 0 Å². The number of halogens is 3.